The average molecular weight is 224 g/mol. The third kappa shape index (κ3) is 1.84. The van der Waals surface area contributed by atoms with Crippen LogP contribution in [0.3, 0.4) is 0 Å². The van der Waals surface area contributed by atoms with Crippen molar-refractivity contribution in [1.29, 1.82) is 0 Å². The summed E-state index contributed by atoms with van der Waals surface area (Å²) < 4.78 is 0. The molecule has 4 fully saturated rings. The lowest BCUT2D eigenvalue weighted by Crippen LogP contribution is -2.62. The number of rotatable bonds is 4. The number of hydrogen-bond donors (Lipinski definition) is 3. The Kier molecular flexibility index (Phi) is 2.44. The summed E-state index contributed by atoms with van der Waals surface area (Å²) in [4.78, 5) is 10.5. The zero-order chi connectivity index (χ0) is 11.2. The summed E-state index contributed by atoms with van der Waals surface area (Å²) in [5.41, 5.74) is 6.43. The first-order valence-corrected chi connectivity index (χ1v) is 6.37. The maximum atomic E-state index is 10.5. The first-order valence-electron chi connectivity index (χ1n) is 6.37. The zero-order valence-electron chi connectivity index (χ0n) is 9.54. The molecule has 4 nitrogen and oxygen atoms in total. The van der Waals surface area contributed by atoms with E-state index in [1.54, 1.807) is 0 Å². The van der Waals surface area contributed by atoms with Gasteiger partial charge in [-0.05, 0) is 56.3 Å². The fraction of sp³-hybridized carbons (Fsp3) is 0.917. The van der Waals surface area contributed by atoms with Crippen molar-refractivity contribution in [3.63, 3.8) is 0 Å². The Labute approximate surface area is 95.8 Å². The number of hydrazine groups is 1. The van der Waals surface area contributed by atoms with E-state index in [9.17, 15) is 4.79 Å². The molecule has 0 aromatic heterocycles. The van der Waals surface area contributed by atoms with Gasteiger partial charge in [0.25, 0.3) is 0 Å². The van der Waals surface area contributed by atoms with Crippen molar-refractivity contribution in [2.24, 2.45) is 17.8 Å². The number of carboxylic acid groups (broad SMARTS) is 1. The van der Waals surface area contributed by atoms with Gasteiger partial charge in [-0.3, -0.25) is 10.2 Å². The SMILES string of the molecule is O=C(O)CNNC12CC3CC(CC(C3)C1)C2. The summed E-state index contributed by atoms with van der Waals surface area (Å²) in [6, 6.07) is 0. The van der Waals surface area contributed by atoms with Crippen molar-refractivity contribution in [2.45, 2.75) is 44.1 Å². The van der Waals surface area contributed by atoms with Gasteiger partial charge < -0.3 is 5.11 Å². The lowest BCUT2D eigenvalue weighted by atomic mass is 9.53. The van der Waals surface area contributed by atoms with E-state index in [4.69, 9.17) is 5.11 Å². The van der Waals surface area contributed by atoms with E-state index >= 15 is 0 Å². The van der Waals surface area contributed by atoms with Gasteiger partial charge in [0.2, 0.25) is 0 Å². The molecule has 0 heterocycles. The number of carbonyl (C=O) groups is 1. The molecular weight excluding hydrogens is 204 g/mol. The van der Waals surface area contributed by atoms with Crippen molar-refractivity contribution in [3.05, 3.63) is 0 Å². The highest BCUT2D eigenvalue weighted by atomic mass is 16.4. The maximum Gasteiger partial charge on any atom is 0.318 e. The quantitative estimate of drug-likeness (QED) is 0.627. The first kappa shape index (κ1) is 10.5. The van der Waals surface area contributed by atoms with Crippen molar-refractivity contribution in [1.82, 2.24) is 10.9 Å². The molecule has 4 heteroatoms. The smallest absolute Gasteiger partial charge is 0.318 e. The van der Waals surface area contributed by atoms with Crippen LogP contribution in [0.25, 0.3) is 0 Å². The molecule has 0 atom stereocenters. The minimum atomic E-state index is -0.794. The van der Waals surface area contributed by atoms with Gasteiger partial charge in [-0.1, -0.05) is 0 Å². The fourth-order valence-corrected chi connectivity index (χ4v) is 4.57. The molecule has 0 unspecified atom stereocenters. The van der Waals surface area contributed by atoms with Crippen molar-refractivity contribution >= 4 is 5.97 Å². The van der Waals surface area contributed by atoms with Gasteiger partial charge in [-0.15, -0.1) is 0 Å². The Hall–Kier alpha value is -0.610. The molecule has 3 N–H and O–H groups in total. The molecule has 16 heavy (non-hydrogen) atoms. The van der Waals surface area contributed by atoms with Crippen LogP contribution in [0.15, 0.2) is 0 Å². The Bertz CT molecular complexity index is 268. The van der Waals surface area contributed by atoms with Crippen LogP contribution in [0.1, 0.15) is 38.5 Å². The summed E-state index contributed by atoms with van der Waals surface area (Å²) in [7, 11) is 0. The van der Waals surface area contributed by atoms with E-state index in [0.717, 1.165) is 17.8 Å². The molecule has 4 saturated carbocycles. The van der Waals surface area contributed by atoms with Crippen LogP contribution >= 0.6 is 0 Å². The molecule has 0 aromatic rings. The molecule has 0 spiro atoms. The van der Waals surface area contributed by atoms with Gasteiger partial charge in [-0.2, -0.15) is 0 Å². The van der Waals surface area contributed by atoms with E-state index in [1.807, 2.05) is 0 Å². The zero-order valence-corrected chi connectivity index (χ0v) is 9.54. The second-order valence-corrected chi connectivity index (χ2v) is 6.07. The molecule has 90 valence electrons. The summed E-state index contributed by atoms with van der Waals surface area (Å²) in [6.45, 7) is 0.0156. The molecular formula is C12H20N2O2. The summed E-state index contributed by atoms with van der Waals surface area (Å²) in [6.07, 6.45) is 7.97. The van der Waals surface area contributed by atoms with Crippen molar-refractivity contribution in [3.8, 4) is 0 Å². The van der Waals surface area contributed by atoms with Crippen LogP contribution < -0.4 is 10.9 Å². The van der Waals surface area contributed by atoms with Crippen molar-refractivity contribution < 1.29 is 9.90 Å². The van der Waals surface area contributed by atoms with Gasteiger partial charge in [0.1, 0.15) is 6.54 Å². The topological polar surface area (TPSA) is 61.4 Å². The van der Waals surface area contributed by atoms with Gasteiger partial charge in [0, 0.05) is 5.54 Å². The van der Waals surface area contributed by atoms with E-state index in [-0.39, 0.29) is 12.1 Å². The van der Waals surface area contributed by atoms with Crippen molar-refractivity contribution in [2.75, 3.05) is 6.54 Å². The molecule has 0 amide bonds. The third-order valence-electron chi connectivity index (χ3n) is 4.63. The molecule has 4 aliphatic rings. The molecule has 0 aromatic carbocycles. The maximum absolute atomic E-state index is 10.5. The normalized spacial score (nSPS) is 44.9. The Balaban J connectivity index is 1.62. The van der Waals surface area contributed by atoms with Gasteiger partial charge in [0.05, 0.1) is 0 Å². The number of nitrogens with one attached hydrogen (secondary N) is 2. The van der Waals surface area contributed by atoms with Crippen LogP contribution in [0.5, 0.6) is 0 Å². The molecule has 0 aliphatic heterocycles. The fourth-order valence-electron chi connectivity index (χ4n) is 4.57. The van der Waals surface area contributed by atoms with Crippen LogP contribution in [-0.2, 0) is 4.79 Å². The number of hydrogen-bond acceptors (Lipinski definition) is 3. The standard InChI is InChI=1S/C12H20N2O2/c15-11(16)7-13-14-12-4-8-1-9(5-12)3-10(2-8)6-12/h8-10,13-14H,1-7H2,(H,15,16). The van der Waals surface area contributed by atoms with Crippen LogP contribution in [0.4, 0.5) is 0 Å². The van der Waals surface area contributed by atoms with Crippen LogP contribution in [-0.4, -0.2) is 23.2 Å². The van der Waals surface area contributed by atoms with Gasteiger partial charge in [-0.25, -0.2) is 5.43 Å². The minimum absolute atomic E-state index is 0.0156. The average Bonchev–Trinajstić information content (AvgIpc) is 2.13. The lowest BCUT2D eigenvalue weighted by molar-refractivity contribution is -0.136. The predicted molar refractivity (Wildman–Crippen MR) is 59.7 cm³/mol. The minimum Gasteiger partial charge on any atom is -0.480 e. The highest BCUT2D eigenvalue weighted by Gasteiger charge is 2.50. The Morgan fingerprint density at radius 2 is 1.62 bits per heavy atom. The van der Waals surface area contributed by atoms with Gasteiger partial charge in [0.15, 0.2) is 0 Å². The predicted octanol–water partition coefficient (Wildman–Crippen LogP) is 1.13. The summed E-state index contributed by atoms with van der Waals surface area (Å²) in [5, 5.41) is 8.62. The third-order valence-corrected chi connectivity index (χ3v) is 4.63. The number of aliphatic carboxylic acids is 1. The van der Waals surface area contributed by atoms with Gasteiger partial charge >= 0.3 is 5.97 Å². The van der Waals surface area contributed by atoms with Crippen LogP contribution in [0.2, 0.25) is 0 Å². The largest absolute Gasteiger partial charge is 0.480 e. The van der Waals surface area contributed by atoms with E-state index in [1.165, 1.54) is 38.5 Å². The molecule has 4 rings (SSSR count). The molecule has 4 bridgehead atoms. The second-order valence-electron chi connectivity index (χ2n) is 6.07. The lowest BCUT2D eigenvalue weighted by Gasteiger charge is -2.56. The molecule has 0 saturated heterocycles. The highest BCUT2D eigenvalue weighted by molar-refractivity contribution is 5.68. The first-order chi connectivity index (χ1) is 7.65. The van der Waals surface area contributed by atoms with E-state index < -0.39 is 5.97 Å². The molecule has 4 aliphatic carbocycles. The number of carboxylic acids is 1. The second kappa shape index (κ2) is 3.70. The van der Waals surface area contributed by atoms with E-state index in [2.05, 4.69) is 10.9 Å². The monoisotopic (exact) mass is 224 g/mol. The summed E-state index contributed by atoms with van der Waals surface area (Å²) >= 11 is 0. The van der Waals surface area contributed by atoms with E-state index in [0.29, 0.717) is 0 Å². The molecule has 0 radical (unpaired) electrons. The highest BCUT2D eigenvalue weighted by Crippen LogP contribution is 2.55. The van der Waals surface area contributed by atoms with Crippen LogP contribution in [0, 0.1) is 17.8 Å². The Morgan fingerprint density at radius 3 is 2.06 bits per heavy atom. The summed E-state index contributed by atoms with van der Waals surface area (Å²) in [5.74, 6) is 1.89. The Morgan fingerprint density at radius 1 is 1.12 bits per heavy atom.